The van der Waals surface area contributed by atoms with Crippen LogP contribution in [0.5, 0.6) is 5.75 Å². The summed E-state index contributed by atoms with van der Waals surface area (Å²) in [7, 11) is 0. The van der Waals surface area contributed by atoms with Crippen molar-refractivity contribution in [3.8, 4) is 5.75 Å². The Balaban J connectivity index is 2.93. The van der Waals surface area contributed by atoms with Crippen molar-refractivity contribution < 1.29 is 19.8 Å². The van der Waals surface area contributed by atoms with Gasteiger partial charge in [-0.3, -0.25) is 9.59 Å². The summed E-state index contributed by atoms with van der Waals surface area (Å²) in [6.45, 7) is 5.51. The van der Waals surface area contributed by atoms with Gasteiger partial charge < -0.3 is 15.5 Å². The Morgan fingerprint density at radius 3 is 2.40 bits per heavy atom. The number of nitrogens with one attached hydrogen (secondary N) is 1. The molecular weight excluding hydrogens is 282 g/mol. The first-order chi connectivity index (χ1) is 9.11. The second-order valence-electron chi connectivity index (χ2n) is 5.65. The lowest BCUT2D eigenvalue weighted by atomic mass is 9.84. The largest absolute Gasteiger partial charge is 0.507 e. The Bertz CT molecular complexity index is 522. The molecule has 0 aliphatic heterocycles. The fourth-order valence-corrected chi connectivity index (χ4v) is 1.85. The number of carboxylic acid groups (broad SMARTS) is 1. The van der Waals surface area contributed by atoms with Gasteiger partial charge in [-0.05, 0) is 23.6 Å². The van der Waals surface area contributed by atoms with Gasteiger partial charge in [-0.15, -0.1) is 0 Å². The van der Waals surface area contributed by atoms with E-state index >= 15 is 0 Å². The van der Waals surface area contributed by atoms with Crippen molar-refractivity contribution in [2.24, 2.45) is 5.41 Å². The Hall–Kier alpha value is -1.75. The zero-order valence-electron chi connectivity index (χ0n) is 11.6. The highest BCUT2D eigenvalue weighted by Crippen LogP contribution is 2.25. The van der Waals surface area contributed by atoms with Crippen LogP contribution in [0.3, 0.4) is 0 Å². The molecular formula is C14H18ClNO4. The molecule has 0 aliphatic carbocycles. The second kappa shape index (κ2) is 6.13. The minimum atomic E-state index is -0.995. The molecule has 0 bridgehead atoms. The summed E-state index contributed by atoms with van der Waals surface area (Å²) in [4.78, 5) is 23.0. The van der Waals surface area contributed by atoms with Crippen LogP contribution in [0.2, 0.25) is 5.02 Å². The first-order valence-corrected chi connectivity index (χ1v) is 6.50. The summed E-state index contributed by atoms with van der Waals surface area (Å²) in [6.07, 6.45) is -0.191. The number of hydrogen-bond acceptors (Lipinski definition) is 3. The quantitative estimate of drug-likeness (QED) is 0.797. The first kappa shape index (κ1) is 16.3. The van der Waals surface area contributed by atoms with Crippen LogP contribution in [0.4, 0.5) is 0 Å². The standard InChI is InChI=1S/C14H18ClNO4/c1-14(2,3)11(7-12(18)19)16-13(20)9-5-4-8(15)6-10(9)17/h4-6,11,17H,7H2,1-3H3,(H,16,20)(H,18,19). The molecule has 1 aromatic rings. The molecule has 1 aromatic carbocycles. The average molecular weight is 300 g/mol. The van der Waals surface area contributed by atoms with Crippen molar-refractivity contribution in [2.45, 2.75) is 33.2 Å². The van der Waals surface area contributed by atoms with Gasteiger partial charge >= 0.3 is 5.97 Å². The maximum Gasteiger partial charge on any atom is 0.305 e. The molecule has 1 amide bonds. The molecule has 0 fully saturated rings. The molecule has 0 heterocycles. The van der Waals surface area contributed by atoms with E-state index in [0.717, 1.165) is 0 Å². The zero-order chi connectivity index (χ0) is 15.5. The molecule has 1 rings (SSSR count). The minimum Gasteiger partial charge on any atom is -0.507 e. The Kier molecular flexibility index (Phi) is 5.00. The van der Waals surface area contributed by atoms with Gasteiger partial charge in [-0.2, -0.15) is 0 Å². The number of hydrogen-bond donors (Lipinski definition) is 3. The molecule has 3 N–H and O–H groups in total. The SMILES string of the molecule is CC(C)(C)C(CC(=O)O)NC(=O)c1ccc(Cl)cc1O. The van der Waals surface area contributed by atoms with E-state index in [9.17, 15) is 14.7 Å². The van der Waals surface area contributed by atoms with Gasteiger partial charge in [0.25, 0.3) is 5.91 Å². The van der Waals surface area contributed by atoms with Crippen molar-refractivity contribution in [3.63, 3.8) is 0 Å². The van der Waals surface area contributed by atoms with Crippen LogP contribution in [0.15, 0.2) is 18.2 Å². The van der Waals surface area contributed by atoms with Gasteiger partial charge in [0.15, 0.2) is 0 Å². The number of phenols is 1. The molecule has 0 saturated carbocycles. The summed E-state index contributed by atoms with van der Waals surface area (Å²) in [5, 5.41) is 21.6. The molecule has 20 heavy (non-hydrogen) atoms. The number of carbonyl (C=O) groups is 2. The number of carbonyl (C=O) groups excluding carboxylic acids is 1. The predicted molar refractivity (Wildman–Crippen MR) is 76.1 cm³/mol. The molecule has 0 radical (unpaired) electrons. The Labute approximate surface area is 122 Å². The molecule has 6 heteroatoms. The number of carboxylic acids is 1. The fourth-order valence-electron chi connectivity index (χ4n) is 1.68. The molecule has 110 valence electrons. The van der Waals surface area contributed by atoms with Gasteiger partial charge in [-0.25, -0.2) is 0 Å². The molecule has 0 aliphatic rings. The third-order valence-electron chi connectivity index (χ3n) is 2.93. The van der Waals surface area contributed by atoms with Crippen LogP contribution in [0.25, 0.3) is 0 Å². The molecule has 0 saturated heterocycles. The molecule has 5 nitrogen and oxygen atoms in total. The highest BCUT2D eigenvalue weighted by Gasteiger charge is 2.29. The van der Waals surface area contributed by atoms with E-state index in [1.165, 1.54) is 18.2 Å². The van der Waals surface area contributed by atoms with Gasteiger partial charge in [0.2, 0.25) is 0 Å². The number of amides is 1. The first-order valence-electron chi connectivity index (χ1n) is 6.12. The normalized spacial score (nSPS) is 12.8. The van der Waals surface area contributed by atoms with E-state index in [2.05, 4.69) is 5.32 Å². The lowest BCUT2D eigenvalue weighted by molar-refractivity contribution is -0.138. The number of aliphatic carboxylic acids is 1. The summed E-state index contributed by atoms with van der Waals surface area (Å²) in [5.74, 6) is -1.76. The van der Waals surface area contributed by atoms with E-state index in [4.69, 9.17) is 16.7 Å². The molecule has 1 atom stereocenters. The maximum absolute atomic E-state index is 12.1. The van der Waals surface area contributed by atoms with Crippen molar-refractivity contribution in [2.75, 3.05) is 0 Å². The number of aromatic hydroxyl groups is 1. The van der Waals surface area contributed by atoms with Crippen molar-refractivity contribution in [1.29, 1.82) is 0 Å². The maximum atomic E-state index is 12.1. The highest BCUT2D eigenvalue weighted by molar-refractivity contribution is 6.30. The fraction of sp³-hybridized carbons (Fsp3) is 0.429. The lowest BCUT2D eigenvalue weighted by Gasteiger charge is -2.30. The van der Waals surface area contributed by atoms with Gasteiger partial charge in [0, 0.05) is 11.1 Å². The summed E-state index contributed by atoms with van der Waals surface area (Å²) >= 11 is 5.70. The predicted octanol–water partition coefficient (Wildman–Crippen LogP) is 2.66. The van der Waals surface area contributed by atoms with Crippen molar-refractivity contribution in [1.82, 2.24) is 5.32 Å². The summed E-state index contributed by atoms with van der Waals surface area (Å²) in [5.41, 5.74) is -0.357. The van der Waals surface area contributed by atoms with E-state index in [0.29, 0.717) is 5.02 Å². The van der Waals surface area contributed by atoms with Crippen molar-refractivity contribution >= 4 is 23.5 Å². The topological polar surface area (TPSA) is 86.6 Å². The monoisotopic (exact) mass is 299 g/mol. The molecule has 0 aromatic heterocycles. The number of phenolic OH excluding ortho intramolecular Hbond substituents is 1. The Morgan fingerprint density at radius 2 is 1.95 bits per heavy atom. The third-order valence-corrected chi connectivity index (χ3v) is 3.17. The second-order valence-corrected chi connectivity index (χ2v) is 6.09. The van der Waals surface area contributed by atoms with Gasteiger partial charge in [-0.1, -0.05) is 32.4 Å². The lowest BCUT2D eigenvalue weighted by Crippen LogP contribution is -2.45. The highest BCUT2D eigenvalue weighted by atomic mass is 35.5. The zero-order valence-corrected chi connectivity index (χ0v) is 12.4. The minimum absolute atomic E-state index is 0.0639. The van der Waals surface area contributed by atoms with E-state index in [1.807, 2.05) is 20.8 Å². The smallest absolute Gasteiger partial charge is 0.305 e. The molecule has 0 spiro atoms. The van der Waals surface area contributed by atoms with Gasteiger partial charge in [0.1, 0.15) is 5.75 Å². The number of halogens is 1. The third kappa shape index (κ3) is 4.42. The van der Waals surface area contributed by atoms with Crippen LogP contribution in [0, 0.1) is 5.41 Å². The van der Waals surface area contributed by atoms with Crippen LogP contribution in [0.1, 0.15) is 37.6 Å². The average Bonchev–Trinajstić information content (AvgIpc) is 2.25. The van der Waals surface area contributed by atoms with Crippen LogP contribution >= 0.6 is 11.6 Å². The Morgan fingerprint density at radius 1 is 1.35 bits per heavy atom. The summed E-state index contributed by atoms with van der Waals surface area (Å²) in [6, 6.07) is 3.59. The van der Waals surface area contributed by atoms with E-state index in [-0.39, 0.29) is 17.7 Å². The summed E-state index contributed by atoms with van der Waals surface area (Å²) < 4.78 is 0. The van der Waals surface area contributed by atoms with Crippen molar-refractivity contribution in [3.05, 3.63) is 28.8 Å². The van der Waals surface area contributed by atoms with Gasteiger partial charge in [0.05, 0.1) is 12.0 Å². The van der Waals surface area contributed by atoms with Crippen LogP contribution in [-0.4, -0.2) is 28.1 Å². The number of benzene rings is 1. The van der Waals surface area contributed by atoms with Crippen LogP contribution in [-0.2, 0) is 4.79 Å². The number of rotatable bonds is 4. The van der Waals surface area contributed by atoms with Crippen LogP contribution < -0.4 is 5.32 Å². The molecule has 1 unspecified atom stereocenters. The van der Waals surface area contributed by atoms with E-state index in [1.54, 1.807) is 0 Å². The van der Waals surface area contributed by atoms with E-state index < -0.39 is 23.3 Å².